The molecule has 2 rings (SSSR count). The van der Waals surface area contributed by atoms with E-state index in [1.54, 1.807) is 33.5 Å². The minimum absolute atomic E-state index is 0.331. The van der Waals surface area contributed by atoms with Gasteiger partial charge in [-0.05, 0) is 34.7 Å². The van der Waals surface area contributed by atoms with Crippen LogP contribution in [-0.2, 0) is 7.05 Å². The van der Waals surface area contributed by atoms with E-state index in [4.69, 9.17) is 9.47 Å². The van der Waals surface area contributed by atoms with Gasteiger partial charge in [0, 0.05) is 12.6 Å². The molecule has 1 amide bonds. The molecule has 0 atom stereocenters. The van der Waals surface area contributed by atoms with Gasteiger partial charge in [0.25, 0.3) is 5.91 Å². The Hall–Kier alpha value is -2.10. The molecule has 1 N–H and O–H groups in total. The van der Waals surface area contributed by atoms with Crippen LogP contribution in [0, 0.1) is 3.57 Å². The molecule has 0 aliphatic rings. The number of hydrazone groups is 1. The molecule has 0 fully saturated rings. The molecule has 1 heterocycles. The van der Waals surface area contributed by atoms with Gasteiger partial charge < -0.3 is 9.47 Å². The molecule has 116 valence electrons. The summed E-state index contributed by atoms with van der Waals surface area (Å²) in [5.41, 5.74) is 3.62. The maximum atomic E-state index is 12.1. The average Bonchev–Trinajstić information content (AvgIpc) is 2.85. The quantitative estimate of drug-likeness (QED) is 0.460. The molecule has 0 spiro atoms. The number of halogens is 1. The number of hydrogen-bond donors (Lipinski definition) is 1. The maximum absolute atomic E-state index is 12.1. The van der Waals surface area contributed by atoms with Gasteiger partial charge in [-0.15, -0.1) is 0 Å². The van der Waals surface area contributed by atoms with E-state index in [1.807, 2.05) is 34.7 Å². The molecular formula is C14H15IN4O3. The lowest BCUT2D eigenvalue weighted by Crippen LogP contribution is -2.21. The first-order valence-corrected chi connectivity index (χ1v) is 7.38. The maximum Gasteiger partial charge on any atom is 0.290 e. The number of para-hydroxylation sites is 1. The van der Waals surface area contributed by atoms with Gasteiger partial charge in [-0.1, -0.05) is 6.07 Å². The van der Waals surface area contributed by atoms with Crippen LogP contribution >= 0.6 is 22.6 Å². The molecule has 0 unspecified atom stereocenters. The van der Waals surface area contributed by atoms with Crippen molar-refractivity contribution in [3.8, 4) is 11.5 Å². The van der Waals surface area contributed by atoms with Gasteiger partial charge in [-0.2, -0.15) is 10.2 Å². The number of carbonyl (C=O) groups excluding carboxylic acids is 1. The monoisotopic (exact) mass is 414 g/mol. The summed E-state index contributed by atoms with van der Waals surface area (Å²) in [7, 11) is 4.81. The van der Waals surface area contributed by atoms with Crippen LogP contribution in [0.3, 0.4) is 0 Å². The highest BCUT2D eigenvalue weighted by Crippen LogP contribution is 2.29. The van der Waals surface area contributed by atoms with E-state index in [1.165, 1.54) is 10.9 Å². The fraction of sp³-hybridized carbons (Fsp3) is 0.214. The number of aromatic nitrogens is 2. The Balaban J connectivity index is 2.15. The Bertz CT molecular complexity index is 693. The fourth-order valence-electron chi connectivity index (χ4n) is 1.89. The summed E-state index contributed by atoms with van der Waals surface area (Å²) in [6.45, 7) is 0. The van der Waals surface area contributed by atoms with Crippen LogP contribution in [0.15, 0.2) is 29.5 Å². The van der Waals surface area contributed by atoms with E-state index >= 15 is 0 Å². The normalized spacial score (nSPS) is 10.7. The Labute approximate surface area is 141 Å². The van der Waals surface area contributed by atoms with Gasteiger partial charge in [-0.25, -0.2) is 5.43 Å². The van der Waals surface area contributed by atoms with Crippen molar-refractivity contribution in [1.82, 2.24) is 15.2 Å². The van der Waals surface area contributed by atoms with Crippen molar-refractivity contribution in [2.75, 3.05) is 14.2 Å². The predicted octanol–water partition coefficient (Wildman–Crippen LogP) is 1.81. The topological polar surface area (TPSA) is 77.7 Å². The molecule has 2 aromatic rings. The number of methoxy groups -OCH3 is 2. The first-order valence-electron chi connectivity index (χ1n) is 6.30. The van der Waals surface area contributed by atoms with Crippen molar-refractivity contribution in [3.63, 3.8) is 0 Å². The zero-order chi connectivity index (χ0) is 16.1. The Morgan fingerprint density at radius 3 is 2.77 bits per heavy atom. The van der Waals surface area contributed by atoms with Crippen molar-refractivity contribution < 1.29 is 14.3 Å². The van der Waals surface area contributed by atoms with E-state index in [2.05, 4.69) is 15.6 Å². The van der Waals surface area contributed by atoms with Gasteiger partial charge in [-0.3, -0.25) is 9.48 Å². The minimum atomic E-state index is -0.331. The molecule has 22 heavy (non-hydrogen) atoms. The summed E-state index contributed by atoms with van der Waals surface area (Å²) in [4.78, 5) is 12.1. The first kappa shape index (κ1) is 16.3. The molecule has 1 aromatic heterocycles. The largest absolute Gasteiger partial charge is 0.493 e. The van der Waals surface area contributed by atoms with E-state index in [0.717, 1.165) is 3.57 Å². The number of ether oxygens (including phenoxy) is 2. The molecule has 0 radical (unpaired) electrons. The van der Waals surface area contributed by atoms with Gasteiger partial charge in [0.2, 0.25) is 0 Å². The summed E-state index contributed by atoms with van der Waals surface area (Å²) in [6, 6.07) is 5.41. The van der Waals surface area contributed by atoms with E-state index in [0.29, 0.717) is 22.8 Å². The van der Waals surface area contributed by atoms with Crippen LogP contribution < -0.4 is 14.9 Å². The molecule has 7 nitrogen and oxygen atoms in total. The number of benzene rings is 1. The highest BCUT2D eigenvalue weighted by atomic mass is 127. The highest BCUT2D eigenvalue weighted by molar-refractivity contribution is 14.1. The van der Waals surface area contributed by atoms with Crippen molar-refractivity contribution in [1.29, 1.82) is 0 Å². The molecule has 0 saturated heterocycles. The lowest BCUT2D eigenvalue weighted by molar-refractivity contribution is 0.0945. The number of aryl methyl sites for hydroxylation is 1. The summed E-state index contributed by atoms with van der Waals surface area (Å²) in [5, 5.41) is 7.97. The summed E-state index contributed by atoms with van der Waals surface area (Å²) >= 11 is 2.05. The highest BCUT2D eigenvalue weighted by Gasteiger charge is 2.14. The van der Waals surface area contributed by atoms with Crippen LogP contribution in [0.25, 0.3) is 0 Å². The van der Waals surface area contributed by atoms with E-state index in [-0.39, 0.29) is 5.91 Å². The lowest BCUT2D eigenvalue weighted by atomic mass is 10.2. The zero-order valence-electron chi connectivity index (χ0n) is 12.3. The van der Waals surface area contributed by atoms with Crippen molar-refractivity contribution in [3.05, 3.63) is 39.2 Å². The number of nitrogens with one attached hydrogen (secondary N) is 1. The number of amides is 1. The van der Waals surface area contributed by atoms with Crippen LogP contribution in [0.5, 0.6) is 11.5 Å². The molecule has 0 aliphatic heterocycles. The molecule has 0 bridgehead atoms. The molecule has 0 saturated carbocycles. The third-order valence-electron chi connectivity index (χ3n) is 2.91. The van der Waals surface area contributed by atoms with Gasteiger partial charge >= 0.3 is 0 Å². The molecular weight excluding hydrogens is 399 g/mol. The SMILES string of the molecule is COc1cccc(C=NNC(=O)c2c(I)cnn2C)c1OC. The molecule has 8 heteroatoms. The second-order valence-electron chi connectivity index (χ2n) is 4.25. The van der Waals surface area contributed by atoms with Crippen LogP contribution in [0.2, 0.25) is 0 Å². The third kappa shape index (κ3) is 3.38. The summed E-state index contributed by atoms with van der Waals surface area (Å²) in [6.07, 6.45) is 3.12. The number of nitrogens with zero attached hydrogens (tertiary/aromatic N) is 3. The number of carbonyl (C=O) groups is 1. The van der Waals surface area contributed by atoms with Crippen molar-refractivity contribution in [2.45, 2.75) is 0 Å². The standard InChI is InChI=1S/C14H15IN4O3/c1-19-12(10(15)8-17-19)14(20)18-16-7-9-5-4-6-11(21-2)13(9)22-3/h4-8H,1-3H3,(H,18,20). The van der Waals surface area contributed by atoms with Crippen LogP contribution in [0.4, 0.5) is 0 Å². The Morgan fingerprint density at radius 2 is 2.18 bits per heavy atom. The fourth-order valence-corrected chi connectivity index (χ4v) is 2.61. The number of rotatable bonds is 5. The van der Waals surface area contributed by atoms with Crippen LogP contribution in [0.1, 0.15) is 16.1 Å². The Morgan fingerprint density at radius 1 is 1.41 bits per heavy atom. The summed E-state index contributed by atoms with van der Waals surface area (Å²) < 4.78 is 12.8. The van der Waals surface area contributed by atoms with Gasteiger partial charge in [0.1, 0.15) is 5.69 Å². The Kier molecular flexibility index (Phi) is 5.36. The predicted molar refractivity (Wildman–Crippen MR) is 90.5 cm³/mol. The van der Waals surface area contributed by atoms with E-state index in [9.17, 15) is 4.79 Å². The average molecular weight is 414 g/mol. The van der Waals surface area contributed by atoms with Crippen LogP contribution in [-0.4, -0.2) is 36.1 Å². The van der Waals surface area contributed by atoms with E-state index < -0.39 is 0 Å². The molecule has 0 aliphatic carbocycles. The molecule has 1 aromatic carbocycles. The number of hydrogen-bond acceptors (Lipinski definition) is 5. The smallest absolute Gasteiger partial charge is 0.290 e. The summed E-state index contributed by atoms with van der Waals surface area (Å²) in [5.74, 6) is 0.819. The first-order chi connectivity index (χ1) is 10.6. The van der Waals surface area contributed by atoms with Gasteiger partial charge in [0.15, 0.2) is 11.5 Å². The van der Waals surface area contributed by atoms with Crippen molar-refractivity contribution in [2.24, 2.45) is 12.1 Å². The van der Waals surface area contributed by atoms with Crippen molar-refractivity contribution >= 4 is 34.7 Å². The third-order valence-corrected chi connectivity index (χ3v) is 3.70. The second-order valence-corrected chi connectivity index (χ2v) is 5.41. The lowest BCUT2D eigenvalue weighted by Gasteiger charge is -2.09. The van der Waals surface area contributed by atoms with Gasteiger partial charge in [0.05, 0.1) is 30.2 Å². The minimum Gasteiger partial charge on any atom is -0.493 e. The zero-order valence-corrected chi connectivity index (χ0v) is 14.5. The second kappa shape index (κ2) is 7.25.